The van der Waals surface area contributed by atoms with E-state index < -0.39 is 0 Å². The molecule has 9 nitrogen and oxygen atoms in total. The smallest absolute Gasteiger partial charge is 0.266 e. The second-order valence-electron chi connectivity index (χ2n) is 6.09. The van der Waals surface area contributed by atoms with Gasteiger partial charge in [-0.3, -0.25) is 19.5 Å². The second-order valence-corrected chi connectivity index (χ2v) is 7.04. The topological polar surface area (TPSA) is 122 Å². The molecule has 146 valence electrons. The van der Waals surface area contributed by atoms with Gasteiger partial charge in [0, 0.05) is 17.3 Å². The average Bonchev–Trinajstić information content (AvgIpc) is 3.35. The van der Waals surface area contributed by atoms with Crippen molar-refractivity contribution in [2.24, 2.45) is 0 Å². The molecular formula is C19H15N5O4S. The van der Waals surface area contributed by atoms with E-state index in [0.717, 1.165) is 11.8 Å². The molecule has 0 aliphatic carbocycles. The van der Waals surface area contributed by atoms with Crippen LogP contribution in [-0.2, 0) is 4.79 Å². The summed E-state index contributed by atoms with van der Waals surface area (Å²) in [5.41, 5.74) is 1.08. The van der Waals surface area contributed by atoms with Crippen LogP contribution in [0.3, 0.4) is 0 Å². The summed E-state index contributed by atoms with van der Waals surface area (Å²) < 4.78 is 6.75. The first-order valence-corrected chi connectivity index (χ1v) is 9.55. The maximum atomic E-state index is 12.4. The molecule has 0 aliphatic heterocycles. The number of fused-ring (bicyclic) bond motifs is 1. The van der Waals surface area contributed by atoms with Crippen molar-refractivity contribution >= 4 is 34.8 Å². The lowest BCUT2D eigenvalue weighted by molar-refractivity contribution is -0.113. The molecule has 0 saturated heterocycles. The molecule has 1 aromatic carbocycles. The van der Waals surface area contributed by atoms with Crippen LogP contribution in [-0.4, -0.2) is 37.0 Å². The Morgan fingerprint density at radius 1 is 1.21 bits per heavy atom. The summed E-state index contributed by atoms with van der Waals surface area (Å²) in [7, 11) is 0. The van der Waals surface area contributed by atoms with Crippen LogP contribution in [0.25, 0.3) is 17.2 Å². The highest BCUT2D eigenvalue weighted by Crippen LogP contribution is 2.22. The molecule has 1 amide bonds. The highest BCUT2D eigenvalue weighted by Gasteiger charge is 2.14. The van der Waals surface area contributed by atoms with Gasteiger partial charge in [-0.05, 0) is 31.2 Å². The van der Waals surface area contributed by atoms with E-state index in [4.69, 9.17) is 4.42 Å². The number of hydrogen-bond donors (Lipinski definition) is 2. The van der Waals surface area contributed by atoms with Gasteiger partial charge in [-0.15, -0.1) is 0 Å². The fourth-order valence-electron chi connectivity index (χ4n) is 2.64. The van der Waals surface area contributed by atoms with Crippen LogP contribution in [0.2, 0.25) is 0 Å². The normalized spacial score (nSPS) is 10.9. The number of amides is 1. The Balaban J connectivity index is 1.54. The minimum Gasteiger partial charge on any atom is -0.461 e. The van der Waals surface area contributed by atoms with Gasteiger partial charge < -0.3 is 9.73 Å². The lowest BCUT2D eigenvalue weighted by Crippen LogP contribution is -2.15. The molecule has 0 fully saturated rings. The van der Waals surface area contributed by atoms with Crippen molar-refractivity contribution in [1.29, 1.82) is 0 Å². The fraction of sp³-hybridized carbons (Fsp3) is 0.105. The van der Waals surface area contributed by atoms with Gasteiger partial charge in [-0.1, -0.05) is 23.9 Å². The Bertz CT molecular complexity index is 1260. The van der Waals surface area contributed by atoms with Crippen LogP contribution in [0, 0.1) is 0 Å². The van der Waals surface area contributed by atoms with Crippen LogP contribution in [0.15, 0.2) is 63.1 Å². The standard InChI is InChI=1S/C19H15N5O4S/c1-11(25)12-4-2-5-13(8-12)20-17(27)10-29-19-22-18(14-6-3-7-28-14)21-15-9-16(26)23-24(15)19/h2-9H,10H2,1H3,(H,20,27)(H,23,26). The number of thioether (sulfide) groups is 1. The molecule has 4 aromatic rings. The van der Waals surface area contributed by atoms with E-state index >= 15 is 0 Å². The third-order valence-corrected chi connectivity index (χ3v) is 4.89. The van der Waals surface area contributed by atoms with Crippen molar-refractivity contribution in [2.75, 3.05) is 11.1 Å². The molecule has 0 radical (unpaired) electrons. The van der Waals surface area contributed by atoms with Gasteiger partial charge in [-0.25, -0.2) is 9.50 Å². The minimum atomic E-state index is -0.330. The van der Waals surface area contributed by atoms with Crippen LogP contribution >= 0.6 is 11.8 Å². The number of carbonyl (C=O) groups excluding carboxylic acids is 2. The molecule has 3 aromatic heterocycles. The van der Waals surface area contributed by atoms with Gasteiger partial charge in [-0.2, -0.15) is 4.98 Å². The zero-order valence-electron chi connectivity index (χ0n) is 15.2. The fourth-order valence-corrected chi connectivity index (χ4v) is 3.39. The molecular weight excluding hydrogens is 394 g/mol. The number of nitrogens with zero attached hydrogens (tertiary/aromatic N) is 3. The zero-order valence-corrected chi connectivity index (χ0v) is 16.0. The molecule has 4 rings (SSSR count). The summed E-state index contributed by atoms with van der Waals surface area (Å²) in [5, 5.41) is 5.74. The number of hydrogen-bond acceptors (Lipinski definition) is 7. The quantitative estimate of drug-likeness (QED) is 0.371. The molecule has 2 N–H and O–H groups in total. The number of aromatic nitrogens is 4. The predicted octanol–water partition coefficient (Wildman–Crippen LogP) is 2.61. The highest BCUT2D eigenvalue weighted by molar-refractivity contribution is 7.99. The van der Waals surface area contributed by atoms with E-state index in [2.05, 4.69) is 20.4 Å². The number of H-pyrrole nitrogens is 1. The number of rotatable bonds is 6. The minimum absolute atomic E-state index is 0.0359. The first-order valence-electron chi connectivity index (χ1n) is 8.57. The highest BCUT2D eigenvalue weighted by atomic mass is 32.2. The van der Waals surface area contributed by atoms with Crippen LogP contribution in [0.5, 0.6) is 0 Å². The predicted molar refractivity (Wildman–Crippen MR) is 107 cm³/mol. The lowest BCUT2D eigenvalue weighted by Gasteiger charge is -2.08. The first-order chi connectivity index (χ1) is 14.0. The van der Waals surface area contributed by atoms with E-state index in [1.54, 1.807) is 36.4 Å². The van der Waals surface area contributed by atoms with Gasteiger partial charge in [0.05, 0.1) is 12.0 Å². The number of Topliss-reactive ketones (excluding diaryl/α,β-unsaturated/α-hetero) is 1. The molecule has 0 spiro atoms. The summed E-state index contributed by atoms with van der Waals surface area (Å²) in [6.07, 6.45) is 1.50. The number of furan rings is 1. The number of benzene rings is 1. The van der Waals surface area contributed by atoms with Gasteiger partial charge in [0.1, 0.15) is 0 Å². The number of carbonyl (C=O) groups is 2. The van der Waals surface area contributed by atoms with Crippen LogP contribution < -0.4 is 10.9 Å². The molecule has 0 bridgehead atoms. The van der Waals surface area contributed by atoms with Crippen molar-refractivity contribution in [2.45, 2.75) is 12.1 Å². The molecule has 0 atom stereocenters. The van der Waals surface area contributed by atoms with Crippen molar-refractivity contribution in [1.82, 2.24) is 19.6 Å². The zero-order chi connectivity index (χ0) is 20.4. The Morgan fingerprint density at radius 2 is 2.07 bits per heavy atom. The summed E-state index contributed by atoms with van der Waals surface area (Å²) in [4.78, 5) is 44.3. The third-order valence-electron chi connectivity index (χ3n) is 3.95. The van der Waals surface area contributed by atoms with Crippen molar-refractivity contribution in [3.63, 3.8) is 0 Å². The number of anilines is 1. The van der Waals surface area contributed by atoms with E-state index in [0.29, 0.717) is 33.6 Å². The molecule has 0 aliphatic rings. The maximum Gasteiger partial charge on any atom is 0.266 e. The SMILES string of the molecule is CC(=O)c1cccc(NC(=O)CSc2nc(-c3ccco3)nc3cc(=O)[nH]n23)c1. The summed E-state index contributed by atoms with van der Waals surface area (Å²) in [6.45, 7) is 1.46. The number of aromatic amines is 1. The van der Waals surface area contributed by atoms with Crippen LogP contribution in [0.1, 0.15) is 17.3 Å². The molecule has 0 unspecified atom stereocenters. The summed E-state index contributed by atoms with van der Waals surface area (Å²) >= 11 is 1.13. The Labute approximate surface area is 168 Å². The number of ketones is 1. The Morgan fingerprint density at radius 3 is 2.83 bits per heavy atom. The van der Waals surface area contributed by atoms with Crippen molar-refractivity contribution < 1.29 is 14.0 Å². The third kappa shape index (κ3) is 4.11. The second kappa shape index (κ2) is 7.76. The Kier molecular flexibility index (Phi) is 5.00. The van der Waals surface area contributed by atoms with Crippen molar-refractivity contribution in [3.8, 4) is 11.6 Å². The number of nitrogens with one attached hydrogen (secondary N) is 2. The van der Waals surface area contributed by atoms with Crippen LogP contribution in [0.4, 0.5) is 5.69 Å². The average molecular weight is 409 g/mol. The van der Waals surface area contributed by atoms with Gasteiger partial charge >= 0.3 is 0 Å². The van der Waals surface area contributed by atoms with Gasteiger partial charge in [0.25, 0.3) is 5.56 Å². The van der Waals surface area contributed by atoms with E-state index in [1.807, 2.05) is 0 Å². The maximum absolute atomic E-state index is 12.4. The Hall–Kier alpha value is -3.66. The van der Waals surface area contributed by atoms with Crippen molar-refractivity contribution in [3.05, 3.63) is 64.6 Å². The van der Waals surface area contributed by atoms with Gasteiger partial charge in [0.15, 0.2) is 28.2 Å². The van der Waals surface area contributed by atoms with Gasteiger partial charge in [0.2, 0.25) is 5.91 Å². The summed E-state index contributed by atoms with van der Waals surface area (Å²) in [6, 6.07) is 11.5. The first kappa shape index (κ1) is 18.7. The monoisotopic (exact) mass is 409 g/mol. The van der Waals surface area contributed by atoms with E-state index in [9.17, 15) is 14.4 Å². The molecule has 10 heteroatoms. The van der Waals surface area contributed by atoms with E-state index in [-0.39, 0.29) is 23.0 Å². The summed E-state index contributed by atoms with van der Waals surface area (Å²) in [5.74, 6) is 0.436. The molecule has 29 heavy (non-hydrogen) atoms. The van der Waals surface area contributed by atoms with E-state index in [1.165, 1.54) is 23.8 Å². The molecule has 0 saturated carbocycles. The largest absolute Gasteiger partial charge is 0.461 e. The lowest BCUT2D eigenvalue weighted by atomic mass is 10.1. The molecule has 3 heterocycles.